The standard InChI is InChI=1S/C21H17F7N6O2S/c22-14-2-1-11(5-15(14)36-12-3-4-34(8-12)10-20(23,24)25)31-19(35)13-9-37-33-18(13)32-17-7-29-16(6-30-17)21(26,27)28/h1-2,5-7,9,12H,3-4,8,10H2,(H,31,35)(H,30,32,33)/t12-/m0/s1. The third-order valence-corrected chi connectivity index (χ3v) is 5.75. The van der Waals surface area contributed by atoms with E-state index in [0.29, 0.717) is 6.20 Å². The largest absolute Gasteiger partial charge is 0.486 e. The van der Waals surface area contributed by atoms with E-state index >= 15 is 0 Å². The average molecular weight is 550 g/mol. The Morgan fingerprint density at radius 2 is 1.95 bits per heavy atom. The van der Waals surface area contributed by atoms with Gasteiger partial charge >= 0.3 is 12.4 Å². The quantitative estimate of drug-likeness (QED) is 0.396. The Balaban J connectivity index is 1.40. The Kier molecular flexibility index (Phi) is 7.49. The van der Waals surface area contributed by atoms with Gasteiger partial charge in [0.15, 0.2) is 23.1 Å². The van der Waals surface area contributed by atoms with Gasteiger partial charge in [-0.3, -0.25) is 9.69 Å². The van der Waals surface area contributed by atoms with E-state index in [4.69, 9.17) is 4.74 Å². The molecule has 2 aromatic heterocycles. The molecular weight excluding hydrogens is 533 g/mol. The minimum atomic E-state index is -4.66. The number of nitrogens with zero attached hydrogens (tertiary/aromatic N) is 4. The molecule has 0 unspecified atom stereocenters. The molecule has 0 bridgehead atoms. The van der Waals surface area contributed by atoms with Gasteiger partial charge in [0.25, 0.3) is 5.91 Å². The van der Waals surface area contributed by atoms with Gasteiger partial charge in [0.2, 0.25) is 0 Å². The van der Waals surface area contributed by atoms with Crippen molar-refractivity contribution in [3.05, 3.63) is 53.0 Å². The highest BCUT2D eigenvalue weighted by Crippen LogP contribution is 2.29. The molecule has 1 aliphatic heterocycles. The van der Waals surface area contributed by atoms with Crippen molar-refractivity contribution in [2.45, 2.75) is 24.9 Å². The number of hydrogen-bond acceptors (Lipinski definition) is 8. The monoisotopic (exact) mass is 550 g/mol. The van der Waals surface area contributed by atoms with Crippen LogP contribution < -0.4 is 15.4 Å². The molecule has 4 rings (SSSR count). The summed E-state index contributed by atoms with van der Waals surface area (Å²) in [6, 6.07) is 3.50. The summed E-state index contributed by atoms with van der Waals surface area (Å²) in [5.74, 6) is -1.75. The molecule has 1 aromatic carbocycles. The van der Waals surface area contributed by atoms with Crippen LogP contribution in [-0.2, 0) is 6.18 Å². The molecule has 16 heteroatoms. The molecule has 0 spiro atoms. The highest BCUT2D eigenvalue weighted by atomic mass is 32.1. The van der Waals surface area contributed by atoms with Gasteiger partial charge in [-0.25, -0.2) is 14.4 Å². The number of carbonyl (C=O) groups is 1. The van der Waals surface area contributed by atoms with E-state index in [1.54, 1.807) is 0 Å². The summed E-state index contributed by atoms with van der Waals surface area (Å²) in [6.07, 6.45) is -8.03. The molecule has 3 heterocycles. The summed E-state index contributed by atoms with van der Waals surface area (Å²) in [5, 5.41) is 6.52. The number of amides is 1. The molecule has 8 nitrogen and oxygen atoms in total. The molecule has 1 saturated heterocycles. The molecule has 2 N–H and O–H groups in total. The van der Waals surface area contributed by atoms with Gasteiger partial charge in [-0.1, -0.05) is 0 Å². The number of anilines is 3. The molecule has 1 amide bonds. The number of alkyl halides is 6. The van der Waals surface area contributed by atoms with Crippen molar-refractivity contribution in [3.8, 4) is 5.75 Å². The molecule has 0 radical (unpaired) electrons. The average Bonchev–Trinajstić information content (AvgIpc) is 3.44. The van der Waals surface area contributed by atoms with E-state index < -0.39 is 42.4 Å². The van der Waals surface area contributed by atoms with Crippen LogP contribution in [0.5, 0.6) is 5.75 Å². The smallest absolute Gasteiger partial charge is 0.434 e. The fourth-order valence-electron chi connectivity index (χ4n) is 3.49. The van der Waals surface area contributed by atoms with Crippen LogP contribution in [0.3, 0.4) is 0 Å². The van der Waals surface area contributed by atoms with Crippen LogP contribution in [0.4, 0.5) is 48.1 Å². The first-order valence-corrected chi connectivity index (χ1v) is 11.4. The van der Waals surface area contributed by atoms with Crippen molar-refractivity contribution in [1.29, 1.82) is 0 Å². The van der Waals surface area contributed by atoms with E-state index in [2.05, 4.69) is 25.0 Å². The normalized spacial score (nSPS) is 16.6. The van der Waals surface area contributed by atoms with Crippen molar-refractivity contribution >= 4 is 34.8 Å². The fourth-order valence-corrected chi connectivity index (χ4v) is 4.11. The van der Waals surface area contributed by atoms with Crippen molar-refractivity contribution in [2.75, 3.05) is 30.3 Å². The lowest BCUT2D eigenvalue weighted by molar-refractivity contribution is -0.144. The van der Waals surface area contributed by atoms with Gasteiger partial charge < -0.3 is 15.4 Å². The van der Waals surface area contributed by atoms with Crippen LogP contribution in [0.25, 0.3) is 0 Å². The number of halogens is 7. The minimum Gasteiger partial charge on any atom is -0.486 e. The molecule has 1 fully saturated rings. The first-order chi connectivity index (χ1) is 17.4. The molecule has 3 aromatic rings. The second-order valence-corrected chi connectivity index (χ2v) is 8.59. The van der Waals surface area contributed by atoms with Gasteiger partial charge in [-0.2, -0.15) is 30.7 Å². The Morgan fingerprint density at radius 1 is 1.16 bits per heavy atom. The first-order valence-electron chi connectivity index (χ1n) is 10.5. The van der Waals surface area contributed by atoms with Crippen molar-refractivity contribution in [2.24, 2.45) is 0 Å². The maximum Gasteiger partial charge on any atom is 0.434 e. The number of rotatable bonds is 7. The van der Waals surface area contributed by atoms with Gasteiger partial charge in [0.1, 0.15) is 11.9 Å². The predicted molar refractivity (Wildman–Crippen MR) is 118 cm³/mol. The van der Waals surface area contributed by atoms with Crippen LogP contribution in [0, 0.1) is 5.82 Å². The number of likely N-dealkylation sites (tertiary alicyclic amines) is 1. The fraction of sp³-hybridized carbons (Fsp3) is 0.333. The van der Waals surface area contributed by atoms with Gasteiger partial charge in [0.05, 0.1) is 24.5 Å². The van der Waals surface area contributed by atoms with E-state index in [1.165, 1.54) is 17.5 Å². The molecule has 198 valence electrons. The second-order valence-electron chi connectivity index (χ2n) is 7.96. The van der Waals surface area contributed by atoms with E-state index in [0.717, 1.165) is 28.7 Å². The maximum atomic E-state index is 14.3. The van der Waals surface area contributed by atoms with Gasteiger partial charge in [-0.05, 0) is 30.1 Å². The third-order valence-electron chi connectivity index (χ3n) is 5.12. The van der Waals surface area contributed by atoms with Crippen molar-refractivity contribution in [1.82, 2.24) is 19.2 Å². The van der Waals surface area contributed by atoms with Crippen molar-refractivity contribution < 1.29 is 40.3 Å². The van der Waals surface area contributed by atoms with Crippen molar-refractivity contribution in [3.63, 3.8) is 0 Å². The molecule has 1 aliphatic rings. The highest BCUT2D eigenvalue weighted by Gasteiger charge is 2.35. The number of benzene rings is 1. The number of carbonyl (C=O) groups excluding carboxylic acids is 1. The zero-order valence-electron chi connectivity index (χ0n) is 18.5. The molecular formula is C21H17F7N6O2S. The highest BCUT2D eigenvalue weighted by molar-refractivity contribution is 7.04. The molecule has 37 heavy (non-hydrogen) atoms. The summed E-state index contributed by atoms with van der Waals surface area (Å²) in [4.78, 5) is 20.8. The van der Waals surface area contributed by atoms with Crippen LogP contribution in [0.1, 0.15) is 22.5 Å². The summed E-state index contributed by atoms with van der Waals surface area (Å²) in [6.45, 7) is -0.973. The minimum absolute atomic E-state index is 0.00542. The summed E-state index contributed by atoms with van der Waals surface area (Å²) in [5.41, 5.74) is -1.02. The maximum absolute atomic E-state index is 14.3. The van der Waals surface area contributed by atoms with E-state index in [-0.39, 0.29) is 48.1 Å². The number of hydrogen-bond donors (Lipinski definition) is 2. The number of nitrogens with one attached hydrogen (secondary N) is 2. The predicted octanol–water partition coefficient (Wildman–Crippen LogP) is 5.10. The van der Waals surface area contributed by atoms with E-state index in [9.17, 15) is 35.5 Å². The number of aromatic nitrogens is 3. The lowest BCUT2D eigenvalue weighted by Crippen LogP contribution is -2.33. The van der Waals surface area contributed by atoms with E-state index in [1.807, 2.05) is 0 Å². The Bertz CT molecular complexity index is 1250. The van der Waals surface area contributed by atoms with Crippen LogP contribution in [0.2, 0.25) is 0 Å². The molecule has 0 aliphatic carbocycles. The SMILES string of the molecule is O=C(Nc1ccc(F)c(O[C@H]2CCN(CC(F)(F)F)C2)c1)c1csnc1Nc1cnc(C(F)(F)F)cn1. The topological polar surface area (TPSA) is 92.3 Å². The van der Waals surface area contributed by atoms with Crippen LogP contribution in [0.15, 0.2) is 36.0 Å². The molecule has 1 atom stereocenters. The van der Waals surface area contributed by atoms with Crippen LogP contribution in [-0.4, -0.2) is 57.1 Å². The Labute approximate surface area is 208 Å². The Morgan fingerprint density at radius 3 is 2.62 bits per heavy atom. The van der Waals surface area contributed by atoms with Gasteiger partial charge in [0, 0.05) is 30.2 Å². The van der Waals surface area contributed by atoms with Gasteiger partial charge in [-0.15, -0.1) is 0 Å². The lowest BCUT2D eigenvalue weighted by Gasteiger charge is -2.18. The summed E-state index contributed by atoms with van der Waals surface area (Å²) < 4.78 is 99.5. The summed E-state index contributed by atoms with van der Waals surface area (Å²) in [7, 11) is 0. The second kappa shape index (κ2) is 10.5. The molecule has 0 saturated carbocycles. The van der Waals surface area contributed by atoms with Crippen LogP contribution >= 0.6 is 11.5 Å². The lowest BCUT2D eigenvalue weighted by atomic mass is 10.2. The number of ether oxygens (including phenoxy) is 1. The zero-order valence-corrected chi connectivity index (χ0v) is 19.3. The summed E-state index contributed by atoms with van der Waals surface area (Å²) >= 11 is 0.892. The Hall–Kier alpha value is -3.53. The third kappa shape index (κ3) is 7.03. The zero-order chi connectivity index (χ0) is 26.8. The first kappa shape index (κ1) is 26.5.